The van der Waals surface area contributed by atoms with Crippen LogP contribution in [0.15, 0.2) is 72.8 Å². The fraction of sp³-hybridized carbons (Fsp3) is 0.231. The van der Waals surface area contributed by atoms with Gasteiger partial charge in [-0.3, -0.25) is 4.79 Å². The summed E-state index contributed by atoms with van der Waals surface area (Å²) in [5, 5.41) is 2.97. The summed E-state index contributed by atoms with van der Waals surface area (Å²) >= 11 is 0. The molecule has 0 aliphatic carbocycles. The molecule has 3 aromatic carbocycles. The van der Waals surface area contributed by atoms with Crippen molar-refractivity contribution in [1.29, 1.82) is 0 Å². The van der Waals surface area contributed by atoms with Gasteiger partial charge in [0, 0.05) is 24.6 Å². The Morgan fingerprint density at radius 3 is 2.45 bits per heavy atom. The zero-order valence-electron chi connectivity index (χ0n) is 18.8. The van der Waals surface area contributed by atoms with Crippen LogP contribution in [0.2, 0.25) is 0 Å². The van der Waals surface area contributed by atoms with Crippen molar-refractivity contribution in [3.8, 4) is 17.2 Å². The molecule has 170 valence electrons. The van der Waals surface area contributed by atoms with E-state index in [-0.39, 0.29) is 5.91 Å². The molecule has 0 saturated heterocycles. The lowest BCUT2D eigenvalue weighted by Gasteiger charge is -2.12. The third-order valence-corrected chi connectivity index (χ3v) is 5.34. The number of amides is 1. The standard InChI is InChI=1S/C26H27N3O4/c1-31-20-12-10-19(11-13-20)26(30)27-15-14-25-28-23-8-3-4-9-24(23)29(25)16-17-33-22-7-5-6-21(18-22)32-2/h3-13,18H,14-17H2,1-2H3,(H,27,30). The normalized spacial score (nSPS) is 10.7. The van der Waals surface area contributed by atoms with Gasteiger partial charge in [-0.25, -0.2) is 4.98 Å². The average molecular weight is 446 g/mol. The number of benzene rings is 3. The van der Waals surface area contributed by atoms with E-state index in [9.17, 15) is 4.79 Å². The zero-order valence-corrected chi connectivity index (χ0v) is 18.8. The van der Waals surface area contributed by atoms with Gasteiger partial charge >= 0.3 is 0 Å². The van der Waals surface area contributed by atoms with E-state index in [1.165, 1.54) is 0 Å². The van der Waals surface area contributed by atoms with Gasteiger partial charge in [-0.15, -0.1) is 0 Å². The number of ether oxygens (including phenoxy) is 3. The maximum Gasteiger partial charge on any atom is 0.251 e. The van der Waals surface area contributed by atoms with E-state index in [1.807, 2.05) is 48.5 Å². The molecule has 4 rings (SSSR count). The second kappa shape index (κ2) is 10.5. The molecule has 1 N–H and O–H groups in total. The fourth-order valence-corrected chi connectivity index (χ4v) is 3.64. The molecule has 0 spiro atoms. The van der Waals surface area contributed by atoms with Crippen molar-refractivity contribution >= 4 is 16.9 Å². The Morgan fingerprint density at radius 1 is 0.909 bits per heavy atom. The molecule has 0 radical (unpaired) electrons. The zero-order chi connectivity index (χ0) is 23.0. The summed E-state index contributed by atoms with van der Waals surface area (Å²) in [4.78, 5) is 17.2. The Morgan fingerprint density at radius 2 is 1.67 bits per heavy atom. The summed E-state index contributed by atoms with van der Waals surface area (Å²) in [6.45, 7) is 1.60. The molecular weight excluding hydrogens is 418 g/mol. The molecule has 4 aromatic rings. The Balaban J connectivity index is 1.40. The van der Waals surface area contributed by atoms with Crippen LogP contribution >= 0.6 is 0 Å². The van der Waals surface area contributed by atoms with Crippen LogP contribution in [-0.2, 0) is 13.0 Å². The summed E-state index contributed by atoms with van der Waals surface area (Å²) in [6.07, 6.45) is 0.607. The van der Waals surface area contributed by atoms with Crippen molar-refractivity contribution in [3.63, 3.8) is 0 Å². The number of hydrogen-bond donors (Lipinski definition) is 1. The van der Waals surface area contributed by atoms with Crippen LogP contribution in [0.25, 0.3) is 11.0 Å². The van der Waals surface area contributed by atoms with Crippen LogP contribution in [0.3, 0.4) is 0 Å². The summed E-state index contributed by atoms with van der Waals surface area (Å²) in [6, 6.07) is 22.6. The van der Waals surface area contributed by atoms with Gasteiger partial charge in [-0.05, 0) is 48.5 Å². The first-order valence-corrected chi connectivity index (χ1v) is 10.8. The van der Waals surface area contributed by atoms with Gasteiger partial charge in [0.25, 0.3) is 5.91 Å². The number of fused-ring (bicyclic) bond motifs is 1. The van der Waals surface area contributed by atoms with Gasteiger partial charge in [-0.1, -0.05) is 18.2 Å². The highest BCUT2D eigenvalue weighted by Crippen LogP contribution is 2.20. The van der Waals surface area contributed by atoms with E-state index < -0.39 is 0 Å². The topological polar surface area (TPSA) is 74.6 Å². The lowest BCUT2D eigenvalue weighted by atomic mass is 10.2. The van der Waals surface area contributed by atoms with Crippen molar-refractivity contribution in [1.82, 2.24) is 14.9 Å². The van der Waals surface area contributed by atoms with E-state index >= 15 is 0 Å². The van der Waals surface area contributed by atoms with E-state index in [2.05, 4.69) is 9.88 Å². The molecule has 7 nitrogen and oxygen atoms in total. The first kappa shape index (κ1) is 22.2. The SMILES string of the molecule is COc1ccc(C(=O)NCCc2nc3ccccc3n2CCOc2cccc(OC)c2)cc1. The van der Waals surface area contributed by atoms with Crippen LogP contribution in [0.4, 0.5) is 0 Å². The summed E-state index contributed by atoms with van der Waals surface area (Å²) in [7, 11) is 3.24. The van der Waals surface area contributed by atoms with Crippen LogP contribution in [0, 0.1) is 0 Å². The van der Waals surface area contributed by atoms with Gasteiger partial charge in [0.05, 0.1) is 31.8 Å². The molecule has 0 aliphatic rings. The number of para-hydroxylation sites is 2. The smallest absolute Gasteiger partial charge is 0.251 e. The van der Waals surface area contributed by atoms with Gasteiger partial charge in [0.2, 0.25) is 0 Å². The molecular formula is C26H27N3O4. The minimum absolute atomic E-state index is 0.123. The molecule has 0 atom stereocenters. The molecule has 1 aromatic heterocycles. The van der Waals surface area contributed by atoms with Crippen molar-refractivity contribution < 1.29 is 19.0 Å². The maximum absolute atomic E-state index is 12.5. The van der Waals surface area contributed by atoms with E-state index in [4.69, 9.17) is 19.2 Å². The number of carbonyl (C=O) groups is 1. The number of hydrogen-bond acceptors (Lipinski definition) is 5. The molecule has 1 heterocycles. The highest BCUT2D eigenvalue weighted by atomic mass is 16.5. The Hall–Kier alpha value is -4.00. The molecule has 1 amide bonds. The van der Waals surface area contributed by atoms with Crippen LogP contribution in [0.5, 0.6) is 17.2 Å². The monoisotopic (exact) mass is 445 g/mol. The first-order valence-electron chi connectivity index (χ1n) is 10.8. The number of nitrogens with one attached hydrogen (secondary N) is 1. The number of carbonyl (C=O) groups excluding carboxylic acids is 1. The van der Waals surface area contributed by atoms with Crippen molar-refractivity contribution in [2.45, 2.75) is 13.0 Å². The third-order valence-electron chi connectivity index (χ3n) is 5.34. The Labute approximate surface area is 192 Å². The number of methoxy groups -OCH3 is 2. The lowest BCUT2D eigenvalue weighted by Crippen LogP contribution is -2.26. The van der Waals surface area contributed by atoms with Gasteiger partial charge in [0.15, 0.2) is 0 Å². The van der Waals surface area contributed by atoms with E-state index in [0.717, 1.165) is 34.1 Å². The Kier molecular flexibility index (Phi) is 7.09. The molecule has 0 saturated carbocycles. The number of imidazole rings is 1. The van der Waals surface area contributed by atoms with Gasteiger partial charge in [0.1, 0.15) is 29.7 Å². The Bertz CT molecular complexity index is 1220. The molecule has 0 bridgehead atoms. The second-order valence-electron chi connectivity index (χ2n) is 7.43. The summed E-state index contributed by atoms with van der Waals surface area (Å²) in [5.74, 6) is 3.01. The minimum atomic E-state index is -0.123. The largest absolute Gasteiger partial charge is 0.497 e. The third kappa shape index (κ3) is 5.44. The quantitative estimate of drug-likeness (QED) is 0.398. The second-order valence-corrected chi connectivity index (χ2v) is 7.43. The number of rotatable bonds is 10. The van der Waals surface area contributed by atoms with Crippen molar-refractivity contribution in [2.75, 3.05) is 27.4 Å². The first-order chi connectivity index (χ1) is 16.2. The molecule has 0 unspecified atom stereocenters. The fourth-order valence-electron chi connectivity index (χ4n) is 3.64. The summed E-state index contributed by atoms with van der Waals surface area (Å²) in [5.41, 5.74) is 2.56. The average Bonchev–Trinajstić information content (AvgIpc) is 3.21. The van der Waals surface area contributed by atoms with E-state index in [1.54, 1.807) is 38.5 Å². The minimum Gasteiger partial charge on any atom is -0.497 e. The van der Waals surface area contributed by atoms with Gasteiger partial charge in [-0.2, -0.15) is 0 Å². The van der Waals surface area contributed by atoms with E-state index in [0.29, 0.717) is 31.7 Å². The highest BCUT2D eigenvalue weighted by Gasteiger charge is 2.12. The van der Waals surface area contributed by atoms with Crippen molar-refractivity contribution in [3.05, 3.63) is 84.2 Å². The highest BCUT2D eigenvalue weighted by molar-refractivity contribution is 5.94. The molecule has 0 aliphatic heterocycles. The number of aromatic nitrogens is 2. The van der Waals surface area contributed by atoms with Crippen molar-refractivity contribution in [2.24, 2.45) is 0 Å². The lowest BCUT2D eigenvalue weighted by molar-refractivity contribution is 0.0954. The predicted molar refractivity (Wildman–Crippen MR) is 127 cm³/mol. The van der Waals surface area contributed by atoms with Gasteiger partial charge < -0.3 is 24.1 Å². The number of nitrogens with zero attached hydrogens (tertiary/aromatic N) is 2. The maximum atomic E-state index is 12.5. The van der Waals surface area contributed by atoms with Crippen LogP contribution in [0.1, 0.15) is 16.2 Å². The summed E-state index contributed by atoms with van der Waals surface area (Å²) < 4.78 is 18.5. The molecule has 33 heavy (non-hydrogen) atoms. The van der Waals surface area contributed by atoms with Crippen LogP contribution < -0.4 is 19.5 Å². The predicted octanol–water partition coefficient (Wildman–Crippen LogP) is 4.11. The van der Waals surface area contributed by atoms with Crippen LogP contribution in [-0.4, -0.2) is 42.8 Å². The molecule has 0 fully saturated rings. The molecule has 7 heteroatoms.